The zero-order chi connectivity index (χ0) is 14.7. The number of halogens is 1. The summed E-state index contributed by atoms with van der Waals surface area (Å²) >= 11 is 5.92. The van der Waals surface area contributed by atoms with Crippen LogP contribution in [0, 0.1) is 0 Å². The molecule has 0 spiro atoms. The molecule has 2 saturated heterocycles. The topological polar surface area (TPSA) is 88.6 Å². The average molecular weight is 302 g/mol. The Morgan fingerprint density at radius 1 is 1.40 bits per heavy atom. The summed E-state index contributed by atoms with van der Waals surface area (Å²) in [6.07, 6.45) is -0.0389. The van der Waals surface area contributed by atoms with Crippen molar-refractivity contribution in [1.82, 2.24) is 9.55 Å². The largest absolute Gasteiger partial charge is 0.382 e. The minimum atomic E-state index is -0.708. The van der Waals surface area contributed by atoms with Gasteiger partial charge in [0.25, 0.3) is 0 Å². The van der Waals surface area contributed by atoms with Gasteiger partial charge in [-0.05, 0) is 20.8 Å². The van der Waals surface area contributed by atoms with Gasteiger partial charge in [-0.15, -0.1) is 0 Å². The molecule has 0 radical (unpaired) electrons. The Bertz CT molecular complexity index is 603. The Kier molecular flexibility index (Phi) is 3.06. The van der Waals surface area contributed by atoms with Crippen molar-refractivity contribution in [2.24, 2.45) is 0 Å². The molecule has 1 aromatic rings. The second kappa shape index (κ2) is 4.42. The van der Waals surface area contributed by atoms with Gasteiger partial charge in [-0.1, -0.05) is 11.6 Å². The highest BCUT2D eigenvalue weighted by atomic mass is 35.5. The van der Waals surface area contributed by atoms with Crippen LogP contribution in [0.3, 0.4) is 0 Å². The summed E-state index contributed by atoms with van der Waals surface area (Å²) in [5, 5.41) is 0.197. The lowest BCUT2D eigenvalue weighted by atomic mass is 10.1. The van der Waals surface area contributed by atoms with Crippen LogP contribution < -0.4 is 11.4 Å². The first-order valence-corrected chi connectivity index (χ1v) is 6.71. The van der Waals surface area contributed by atoms with Gasteiger partial charge < -0.3 is 19.9 Å². The van der Waals surface area contributed by atoms with Gasteiger partial charge in [0.2, 0.25) is 0 Å². The third kappa shape index (κ3) is 2.10. The maximum atomic E-state index is 12.0. The van der Waals surface area contributed by atoms with E-state index < -0.39 is 17.7 Å². The molecule has 7 nitrogen and oxygen atoms in total. The Balaban J connectivity index is 1.99. The van der Waals surface area contributed by atoms with Gasteiger partial charge in [-0.3, -0.25) is 4.57 Å². The fourth-order valence-electron chi connectivity index (χ4n) is 2.64. The van der Waals surface area contributed by atoms with E-state index in [-0.39, 0.29) is 29.2 Å². The van der Waals surface area contributed by atoms with Crippen LogP contribution in [-0.4, -0.2) is 33.7 Å². The van der Waals surface area contributed by atoms with Crippen LogP contribution in [0.15, 0.2) is 11.0 Å². The summed E-state index contributed by atoms with van der Waals surface area (Å²) in [4.78, 5) is 15.6. The summed E-state index contributed by atoms with van der Waals surface area (Å²) in [5.41, 5.74) is 4.98. The van der Waals surface area contributed by atoms with Crippen molar-refractivity contribution in [2.45, 2.75) is 51.1 Å². The van der Waals surface area contributed by atoms with Crippen molar-refractivity contribution in [2.75, 3.05) is 5.73 Å². The van der Waals surface area contributed by atoms with E-state index in [9.17, 15) is 4.79 Å². The quantitative estimate of drug-likeness (QED) is 0.829. The second-order valence-electron chi connectivity index (χ2n) is 5.46. The molecule has 4 atom stereocenters. The van der Waals surface area contributed by atoms with Crippen LogP contribution in [0.4, 0.5) is 5.82 Å². The van der Waals surface area contributed by atoms with E-state index in [1.54, 1.807) is 0 Å². The van der Waals surface area contributed by atoms with E-state index in [0.717, 1.165) is 0 Å². The minimum absolute atomic E-state index is 0.000526. The molecule has 2 aliphatic heterocycles. The number of hydrogen-bond acceptors (Lipinski definition) is 6. The van der Waals surface area contributed by atoms with Gasteiger partial charge in [0.15, 0.2) is 12.0 Å². The fourth-order valence-corrected chi connectivity index (χ4v) is 2.79. The van der Waals surface area contributed by atoms with Gasteiger partial charge in [0.1, 0.15) is 18.0 Å². The van der Waals surface area contributed by atoms with E-state index >= 15 is 0 Å². The van der Waals surface area contributed by atoms with Crippen LogP contribution in [0.5, 0.6) is 0 Å². The smallest absolute Gasteiger partial charge is 0.351 e. The number of anilines is 1. The second-order valence-corrected chi connectivity index (χ2v) is 5.87. The average Bonchev–Trinajstić information content (AvgIpc) is 2.80. The van der Waals surface area contributed by atoms with E-state index in [0.29, 0.717) is 0 Å². The molecule has 0 unspecified atom stereocenters. The van der Waals surface area contributed by atoms with Gasteiger partial charge >= 0.3 is 5.69 Å². The number of hydrogen-bond donors (Lipinski definition) is 1. The Labute approximate surface area is 120 Å². The van der Waals surface area contributed by atoms with Crippen molar-refractivity contribution in [3.8, 4) is 0 Å². The normalized spacial score (nSPS) is 35.2. The molecule has 0 aliphatic carbocycles. The molecule has 20 heavy (non-hydrogen) atoms. The number of rotatable bonds is 1. The summed E-state index contributed by atoms with van der Waals surface area (Å²) < 4.78 is 18.7. The third-order valence-electron chi connectivity index (χ3n) is 3.47. The van der Waals surface area contributed by atoms with Crippen molar-refractivity contribution in [3.63, 3.8) is 0 Å². The lowest BCUT2D eigenvalue weighted by Crippen LogP contribution is -2.35. The molecule has 2 aliphatic rings. The molecule has 3 heterocycles. The zero-order valence-corrected chi connectivity index (χ0v) is 12.1. The van der Waals surface area contributed by atoms with E-state index in [1.165, 1.54) is 10.8 Å². The van der Waals surface area contributed by atoms with Gasteiger partial charge in [-0.25, -0.2) is 4.79 Å². The summed E-state index contributed by atoms with van der Waals surface area (Å²) in [6.45, 7) is 5.53. The number of ether oxygens (including phenoxy) is 3. The predicted molar refractivity (Wildman–Crippen MR) is 71.3 cm³/mol. The Morgan fingerprint density at radius 2 is 2.05 bits per heavy atom. The number of aromatic nitrogens is 2. The number of nitrogen functional groups attached to an aromatic ring is 1. The molecule has 0 amide bonds. The van der Waals surface area contributed by atoms with Crippen LogP contribution >= 0.6 is 11.6 Å². The van der Waals surface area contributed by atoms with Crippen molar-refractivity contribution in [3.05, 3.63) is 21.7 Å². The molecule has 8 heteroatoms. The monoisotopic (exact) mass is 301 g/mol. The fraction of sp³-hybridized carbons (Fsp3) is 0.667. The maximum Gasteiger partial charge on any atom is 0.351 e. The number of fused-ring (bicyclic) bond motifs is 1. The van der Waals surface area contributed by atoms with Crippen molar-refractivity contribution >= 4 is 17.4 Å². The van der Waals surface area contributed by atoms with Gasteiger partial charge in [-0.2, -0.15) is 4.98 Å². The molecule has 0 bridgehead atoms. The molecule has 3 rings (SSSR count). The minimum Gasteiger partial charge on any atom is -0.382 e. The number of nitrogens with two attached hydrogens (primary N) is 1. The first kappa shape index (κ1) is 13.8. The van der Waals surface area contributed by atoms with Crippen LogP contribution in [0.25, 0.3) is 0 Å². The molecule has 0 aromatic carbocycles. The molecule has 110 valence electrons. The molecule has 1 aromatic heterocycles. The summed E-state index contributed by atoms with van der Waals surface area (Å²) in [7, 11) is 0. The van der Waals surface area contributed by atoms with Crippen LogP contribution in [-0.2, 0) is 14.2 Å². The van der Waals surface area contributed by atoms with Gasteiger partial charge in [0.05, 0.1) is 11.1 Å². The highest BCUT2D eigenvalue weighted by molar-refractivity contribution is 6.32. The molecular formula is C12H16ClN3O4. The van der Waals surface area contributed by atoms with Crippen LogP contribution in [0.2, 0.25) is 5.02 Å². The Hall–Kier alpha value is -1.15. The highest BCUT2D eigenvalue weighted by Gasteiger charge is 2.54. The van der Waals surface area contributed by atoms with Crippen molar-refractivity contribution < 1.29 is 14.2 Å². The van der Waals surface area contributed by atoms with E-state index in [4.69, 9.17) is 31.5 Å². The molecular weight excluding hydrogens is 286 g/mol. The highest BCUT2D eigenvalue weighted by Crippen LogP contribution is 2.42. The van der Waals surface area contributed by atoms with Crippen molar-refractivity contribution in [1.29, 1.82) is 0 Å². The summed E-state index contributed by atoms with van der Waals surface area (Å²) in [5.74, 6) is -0.709. The van der Waals surface area contributed by atoms with Crippen LogP contribution in [0.1, 0.15) is 27.0 Å². The zero-order valence-electron chi connectivity index (χ0n) is 11.4. The van der Waals surface area contributed by atoms with E-state index in [2.05, 4.69) is 4.98 Å². The van der Waals surface area contributed by atoms with Gasteiger partial charge in [0, 0.05) is 6.20 Å². The summed E-state index contributed by atoms with van der Waals surface area (Å²) in [6, 6.07) is 0. The lowest BCUT2D eigenvalue weighted by Gasteiger charge is -2.24. The first-order chi connectivity index (χ1) is 9.28. The van der Waals surface area contributed by atoms with E-state index in [1.807, 2.05) is 20.8 Å². The molecule has 2 N–H and O–H groups in total. The third-order valence-corrected chi connectivity index (χ3v) is 3.76. The molecule has 0 saturated carbocycles. The first-order valence-electron chi connectivity index (χ1n) is 6.34. The number of nitrogens with zero attached hydrogens (tertiary/aromatic N) is 2. The molecule has 2 fully saturated rings. The predicted octanol–water partition coefficient (Wildman–Crippen LogP) is 0.916. The standard InChI is InChI=1S/C12H16ClN3O4/c1-5-7-8(20-12(2,3)19-7)10(18-5)16-4-6(13)9(14)15-11(16)17/h4-5,7-8,10H,1-3H3,(H2,14,15,17)/t5-,7-,8+,10-/m1/s1. The SMILES string of the molecule is C[C@H]1O[C@@H](n2cc(Cl)c(N)nc2=O)[C@H]2OC(C)(C)O[C@@H]21. The Morgan fingerprint density at radius 3 is 2.75 bits per heavy atom. The lowest BCUT2D eigenvalue weighted by molar-refractivity contribution is -0.195. The maximum absolute atomic E-state index is 12.0.